The highest BCUT2D eigenvalue weighted by molar-refractivity contribution is 7.09. The summed E-state index contributed by atoms with van der Waals surface area (Å²) < 4.78 is 11.2. The normalized spacial score (nSPS) is 22.6. The molecule has 6 nitrogen and oxygen atoms in total. The van der Waals surface area contributed by atoms with E-state index in [4.69, 9.17) is 14.6 Å². The second-order valence-corrected chi connectivity index (χ2v) is 6.95. The fraction of sp³-hybridized carbons (Fsp3) is 0.714. The zero-order chi connectivity index (χ0) is 15.5. The summed E-state index contributed by atoms with van der Waals surface area (Å²) in [6.45, 7) is 6.66. The summed E-state index contributed by atoms with van der Waals surface area (Å²) in [6, 6.07) is 0. The Labute approximate surface area is 128 Å². The van der Waals surface area contributed by atoms with Crippen LogP contribution in [0, 0.1) is 0 Å². The topological polar surface area (TPSA) is 71.9 Å². The van der Waals surface area contributed by atoms with Crippen molar-refractivity contribution < 1.29 is 19.4 Å². The van der Waals surface area contributed by atoms with Gasteiger partial charge in [-0.2, -0.15) is 0 Å². The third kappa shape index (κ3) is 3.93. The van der Waals surface area contributed by atoms with Crippen molar-refractivity contribution >= 4 is 17.4 Å². The van der Waals surface area contributed by atoms with E-state index in [2.05, 4.69) is 4.98 Å². The molecule has 1 fully saturated rings. The Morgan fingerprint density at radius 3 is 2.90 bits per heavy atom. The Bertz CT molecular complexity index is 472. The highest BCUT2D eigenvalue weighted by atomic mass is 32.1. The van der Waals surface area contributed by atoms with Crippen LogP contribution in [0.4, 0.5) is 4.79 Å². The molecule has 1 atom stereocenters. The number of hydrogen-bond acceptors (Lipinski definition) is 6. The maximum atomic E-state index is 12.2. The van der Waals surface area contributed by atoms with Crippen molar-refractivity contribution in [2.45, 2.75) is 38.4 Å². The number of ether oxygens (including phenoxy) is 2. The van der Waals surface area contributed by atoms with Crippen LogP contribution in [-0.4, -0.2) is 53.0 Å². The number of carbonyl (C=O) groups is 1. The van der Waals surface area contributed by atoms with Crippen molar-refractivity contribution in [3.63, 3.8) is 0 Å². The Kier molecular flexibility index (Phi) is 4.85. The summed E-state index contributed by atoms with van der Waals surface area (Å²) in [5.41, 5.74) is -1.15. The summed E-state index contributed by atoms with van der Waals surface area (Å²) in [7, 11) is 0. The second kappa shape index (κ2) is 6.29. The number of thiazole rings is 1. The van der Waals surface area contributed by atoms with Crippen LogP contribution in [-0.2, 0) is 15.1 Å². The highest BCUT2D eigenvalue weighted by Gasteiger charge is 2.45. The lowest BCUT2D eigenvalue weighted by atomic mass is 10.0. The average Bonchev–Trinajstić information content (AvgIpc) is 3.04. The van der Waals surface area contributed by atoms with Crippen LogP contribution in [0.2, 0.25) is 0 Å². The minimum Gasteiger partial charge on any atom is -0.444 e. The number of nitrogens with zero attached hydrogens (tertiary/aromatic N) is 2. The number of carbonyl (C=O) groups excluding carboxylic acids is 1. The molecule has 0 aliphatic carbocycles. The van der Waals surface area contributed by atoms with Crippen LogP contribution in [0.1, 0.15) is 32.2 Å². The molecule has 1 aromatic heterocycles. The van der Waals surface area contributed by atoms with Gasteiger partial charge in [0, 0.05) is 24.5 Å². The Balaban J connectivity index is 2.10. The molecule has 2 rings (SSSR count). The average molecular weight is 314 g/mol. The van der Waals surface area contributed by atoms with Crippen molar-refractivity contribution in [3.05, 3.63) is 16.6 Å². The van der Waals surface area contributed by atoms with Gasteiger partial charge in [0.15, 0.2) is 0 Å². The molecule has 1 unspecified atom stereocenters. The molecule has 118 valence electrons. The zero-order valence-corrected chi connectivity index (χ0v) is 13.5. The van der Waals surface area contributed by atoms with Crippen LogP contribution in [0.25, 0.3) is 0 Å². The van der Waals surface area contributed by atoms with Gasteiger partial charge in [-0.05, 0) is 20.8 Å². The minimum absolute atomic E-state index is 0.0560. The first-order chi connectivity index (χ1) is 9.86. The predicted octanol–water partition coefficient (Wildman–Crippen LogP) is 1.99. The van der Waals surface area contributed by atoms with Crippen molar-refractivity contribution in [2.75, 3.05) is 26.3 Å². The number of likely N-dealkylation sites (tertiary alicyclic amines) is 1. The molecule has 7 heteroatoms. The van der Waals surface area contributed by atoms with Crippen molar-refractivity contribution in [3.8, 4) is 0 Å². The minimum atomic E-state index is -0.631. The summed E-state index contributed by atoms with van der Waals surface area (Å²) in [5, 5.41) is 11.7. The van der Waals surface area contributed by atoms with Crippen molar-refractivity contribution in [1.29, 1.82) is 0 Å². The maximum absolute atomic E-state index is 12.2. The standard InChI is InChI=1S/C14H22N2O4S/c1-13(2,3)20-12(18)16-6-4-14(10-16,19-8-7-17)11-15-5-9-21-11/h5,9,17H,4,6-8,10H2,1-3H3. The molecular formula is C14H22N2O4S. The third-order valence-electron chi connectivity index (χ3n) is 3.18. The first-order valence-corrected chi connectivity index (χ1v) is 7.87. The van der Waals surface area contributed by atoms with E-state index in [1.165, 1.54) is 11.3 Å². The first-order valence-electron chi connectivity index (χ1n) is 6.99. The summed E-state index contributed by atoms with van der Waals surface area (Å²) >= 11 is 1.50. The van der Waals surface area contributed by atoms with Gasteiger partial charge in [-0.3, -0.25) is 0 Å². The van der Waals surface area contributed by atoms with E-state index < -0.39 is 11.2 Å². The summed E-state index contributed by atoms with van der Waals surface area (Å²) in [6.07, 6.45) is 2.04. The Morgan fingerprint density at radius 2 is 2.33 bits per heavy atom. The monoisotopic (exact) mass is 314 g/mol. The Hall–Kier alpha value is -1.18. The van der Waals surface area contributed by atoms with Gasteiger partial charge in [-0.15, -0.1) is 11.3 Å². The molecule has 0 saturated carbocycles. The molecule has 0 bridgehead atoms. The molecule has 1 saturated heterocycles. The molecule has 1 amide bonds. The van der Waals surface area contributed by atoms with E-state index in [1.54, 1.807) is 11.1 Å². The first kappa shape index (κ1) is 16.2. The van der Waals surface area contributed by atoms with Crippen LogP contribution in [0.5, 0.6) is 0 Å². The van der Waals surface area contributed by atoms with Gasteiger partial charge in [-0.1, -0.05) is 0 Å². The third-order valence-corrected chi connectivity index (χ3v) is 4.13. The van der Waals surface area contributed by atoms with Crippen molar-refractivity contribution in [1.82, 2.24) is 9.88 Å². The predicted molar refractivity (Wildman–Crippen MR) is 79.3 cm³/mol. The summed E-state index contributed by atoms with van der Waals surface area (Å²) in [5.74, 6) is 0. The van der Waals surface area contributed by atoms with Gasteiger partial charge < -0.3 is 19.5 Å². The van der Waals surface area contributed by atoms with E-state index in [0.717, 1.165) is 5.01 Å². The van der Waals surface area contributed by atoms with E-state index in [9.17, 15) is 4.79 Å². The second-order valence-electron chi connectivity index (χ2n) is 6.06. The lowest BCUT2D eigenvalue weighted by Gasteiger charge is -2.28. The molecule has 1 aliphatic heterocycles. The van der Waals surface area contributed by atoms with Gasteiger partial charge in [-0.25, -0.2) is 9.78 Å². The number of aromatic nitrogens is 1. The molecule has 1 aromatic rings. The molecule has 0 spiro atoms. The van der Waals surface area contributed by atoms with Crippen LogP contribution >= 0.6 is 11.3 Å². The van der Waals surface area contributed by atoms with Gasteiger partial charge in [0.25, 0.3) is 0 Å². The maximum Gasteiger partial charge on any atom is 0.410 e. The molecule has 0 radical (unpaired) electrons. The molecular weight excluding hydrogens is 292 g/mol. The lowest BCUT2D eigenvalue weighted by molar-refractivity contribution is -0.0568. The van der Waals surface area contributed by atoms with E-state index >= 15 is 0 Å². The number of aliphatic hydroxyl groups excluding tert-OH is 1. The molecule has 1 N–H and O–H groups in total. The molecule has 2 heterocycles. The molecule has 21 heavy (non-hydrogen) atoms. The van der Waals surface area contributed by atoms with E-state index in [-0.39, 0.29) is 19.3 Å². The van der Waals surface area contributed by atoms with E-state index in [0.29, 0.717) is 19.5 Å². The largest absolute Gasteiger partial charge is 0.444 e. The zero-order valence-electron chi connectivity index (χ0n) is 12.7. The van der Waals surface area contributed by atoms with Gasteiger partial charge >= 0.3 is 6.09 Å². The fourth-order valence-corrected chi connectivity index (χ4v) is 3.12. The summed E-state index contributed by atoms with van der Waals surface area (Å²) in [4.78, 5) is 18.1. The number of rotatable bonds is 4. The molecule has 1 aliphatic rings. The van der Waals surface area contributed by atoms with Crippen molar-refractivity contribution in [2.24, 2.45) is 0 Å². The lowest BCUT2D eigenvalue weighted by Crippen LogP contribution is -2.39. The SMILES string of the molecule is CC(C)(C)OC(=O)N1CCC(OCCO)(c2nccs2)C1. The smallest absolute Gasteiger partial charge is 0.410 e. The van der Waals surface area contributed by atoms with Crippen LogP contribution in [0.15, 0.2) is 11.6 Å². The fourth-order valence-electron chi connectivity index (χ4n) is 2.31. The number of amides is 1. The van der Waals surface area contributed by atoms with Gasteiger partial charge in [0.1, 0.15) is 16.2 Å². The number of aliphatic hydroxyl groups is 1. The van der Waals surface area contributed by atoms with Crippen LogP contribution < -0.4 is 0 Å². The Morgan fingerprint density at radius 1 is 1.57 bits per heavy atom. The van der Waals surface area contributed by atoms with E-state index in [1.807, 2.05) is 26.2 Å². The van der Waals surface area contributed by atoms with Crippen LogP contribution in [0.3, 0.4) is 0 Å². The highest BCUT2D eigenvalue weighted by Crippen LogP contribution is 2.37. The molecule has 0 aromatic carbocycles. The quantitative estimate of drug-likeness (QED) is 0.920. The van der Waals surface area contributed by atoms with Gasteiger partial charge in [0.2, 0.25) is 0 Å². The number of hydrogen-bond donors (Lipinski definition) is 1. The van der Waals surface area contributed by atoms with Gasteiger partial charge in [0.05, 0.1) is 19.8 Å².